The van der Waals surface area contributed by atoms with Crippen LogP contribution in [0, 0.1) is 5.92 Å². The predicted octanol–water partition coefficient (Wildman–Crippen LogP) is 8.56. The van der Waals surface area contributed by atoms with Crippen LogP contribution in [0.4, 0.5) is 0 Å². The third kappa shape index (κ3) is 2.96. The van der Waals surface area contributed by atoms with E-state index in [1.165, 1.54) is 70.7 Å². The Balaban J connectivity index is 1.69. The average molecular weight is 395 g/mol. The van der Waals surface area contributed by atoms with Crippen molar-refractivity contribution in [1.29, 1.82) is 0 Å². The number of hydrogen-bond donors (Lipinski definition) is 0. The Kier molecular flexibility index (Phi) is 4.85. The van der Waals surface area contributed by atoms with E-state index in [2.05, 4.69) is 82.0 Å². The molecule has 5 rings (SSSR count). The molecular weight excluding hydrogens is 360 g/mol. The molecular formula is C30H34. The maximum atomic E-state index is 4.03. The lowest BCUT2D eigenvalue weighted by atomic mass is 9.67. The monoisotopic (exact) mass is 394 g/mol. The van der Waals surface area contributed by atoms with Crippen LogP contribution in [0.3, 0.4) is 0 Å². The molecule has 0 unspecified atom stereocenters. The van der Waals surface area contributed by atoms with Crippen LogP contribution < -0.4 is 0 Å². The summed E-state index contributed by atoms with van der Waals surface area (Å²) in [6, 6.07) is 19.1. The van der Waals surface area contributed by atoms with Gasteiger partial charge in [0.05, 0.1) is 0 Å². The normalized spacial score (nSPS) is 22.0. The molecule has 0 bridgehead atoms. The average Bonchev–Trinajstić information content (AvgIpc) is 2.77. The molecule has 2 aliphatic rings. The number of rotatable bonds is 4. The smallest absolute Gasteiger partial charge is 0.0159 e. The van der Waals surface area contributed by atoms with Crippen molar-refractivity contribution in [2.45, 2.75) is 70.6 Å². The molecule has 0 spiro atoms. The van der Waals surface area contributed by atoms with E-state index in [-0.39, 0.29) is 5.41 Å². The van der Waals surface area contributed by atoms with Gasteiger partial charge in [-0.1, -0.05) is 81.8 Å². The summed E-state index contributed by atoms with van der Waals surface area (Å²) < 4.78 is 0. The summed E-state index contributed by atoms with van der Waals surface area (Å²) in [6.07, 6.45) is 9.67. The number of hydrogen-bond acceptors (Lipinski definition) is 0. The lowest BCUT2D eigenvalue weighted by molar-refractivity contribution is 0.377. The lowest BCUT2D eigenvalue weighted by Gasteiger charge is -2.36. The van der Waals surface area contributed by atoms with Crippen LogP contribution >= 0.6 is 0 Å². The maximum Gasteiger partial charge on any atom is 0.0159 e. The van der Waals surface area contributed by atoms with Gasteiger partial charge in [-0.3, -0.25) is 0 Å². The van der Waals surface area contributed by atoms with Gasteiger partial charge in [0.1, 0.15) is 0 Å². The molecule has 2 aliphatic carbocycles. The van der Waals surface area contributed by atoms with E-state index >= 15 is 0 Å². The standard InChI is InChI=1S/C30H34/c1-5-8-21-13-16-24-26-18-17-23(22-14-11-20(6-2)12-15-22)25-9-7-10-27(29(25)26)30(3,4)28(24)19-21/h6-7,9-10,13,16-20,22H,2,5,8,11-12,14-15H2,1,3-4H3/t20-,22-. The first-order valence-electron chi connectivity index (χ1n) is 11.9. The summed E-state index contributed by atoms with van der Waals surface area (Å²) in [4.78, 5) is 0. The number of allylic oxidation sites excluding steroid dienone is 1. The van der Waals surface area contributed by atoms with Crippen molar-refractivity contribution in [2.75, 3.05) is 0 Å². The molecule has 0 aliphatic heterocycles. The number of fused-ring (bicyclic) bond motifs is 2. The van der Waals surface area contributed by atoms with Crippen molar-refractivity contribution < 1.29 is 0 Å². The van der Waals surface area contributed by atoms with E-state index in [9.17, 15) is 0 Å². The van der Waals surface area contributed by atoms with Crippen molar-refractivity contribution in [3.63, 3.8) is 0 Å². The van der Waals surface area contributed by atoms with Gasteiger partial charge in [-0.2, -0.15) is 0 Å². The summed E-state index contributed by atoms with van der Waals surface area (Å²) in [7, 11) is 0. The zero-order valence-electron chi connectivity index (χ0n) is 18.8. The molecule has 0 aromatic heterocycles. The first kappa shape index (κ1) is 19.6. The maximum absolute atomic E-state index is 4.03. The van der Waals surface area contributed by atoms with Crippen LogP contribution in [0.2, 0.25) is 0 Å². The lowest BCUT2D eigenvalue weighted by Crippen LogP contribution is -2.24. The largest absolute Gasteiger partial charge is 0.103 e. The summed E-state index contributed by atoms with van der Waals surface area (Å²) in [5.74, 6) is 1.39. The highest BCUT2D eigenvalue weighted by atomic mass is 14.4. The van der Waals surface area contributed by atoms with Gasteiger partial charge in [-0.05, 0) is 88.1 Å². The zero-order valence-corrected chi connectivity index (χ0v) is 18.8. The molecule has 0 nitrogen and oxygen atoms in total. The highest BCUT2D eigenvalue weighted by molar-refractivity contribution is 6.04. The molecule has 0 atom stereocenters. The molecule has 0 amide bonds. The molecule has 3 aromatic rings. The van der Waals surface area contributed by atoms with Crippen LogP contribution in [0.25, 0.3) is 21.9 Å². The van der Waals surface area contributed by atoms with Crippen LogP contribution in [-0.2, 0) is 11.8 Å². The van der Waals surface area contributed by atoms with Crippen LogP contribution in [0.1, 0.15) is 81.0 Å². The summed E-state index contributed by atoms with van der Waals surface area (Å²) in [5.41, 5.74) is 8.93. The first-order chi connectivity index (χ1) is 14.5. The third-order valence-corrected chi connectivity index (χ3v) is 7.88. The van der Waals surface area contributed by atoms with Gasteiger partial charge in [-0.25, -0.2) is 0 Å². The summed E-state index contributed by atoms with van der Waals surface area (Å²) >= 11 is 0. The number of benzene rings is 3. The zero-order chi connectivity index (χ0) is 20.9. The Hall–Kier alpha value is -2.34. The van der Waals surface area contributed by atoms with E-state index in [0.29, 0.717) is 11.8 Å². The SMILES string of the molecule is C=C[C@H]1CC[C@H](c2ccc3c4c(cccc42)C(C)(C)c2cc(CCC)ccc2-3)CC1. The highest BCUT2D eigenvalue weighted by Gasteiger charge is 2.34. The highest BCUT2D eigenvalue weighted by Crippen LogP contribution is 2.51. The van der Waals surface area contributed by atoms with Crippen molar-refractivity contribution in [2.24, 2.45) is 5.92 Å². The number of aryl methyl sites for hydroxylation is 1. The molecule has 0 heterocycles. The van der Waals surface area contributed by atoms with Crippen molar-refractivity contribution >= 4 is 10.8 Å². The van der Waals surface area contributed by atoms with E-state index in [1.54, 1.807) is 5.56 Å². The minimum absolute atomic E-state index is 0.0325. The van der Waals surface area contributed by atoms with Gasteiger partial charge in [-0.15, -0.1) is 6.58 Å². The Morgan fingerprint density at radius 2 is 1.70 bits per heavy atom. The van der Waals surface area contributed by atoms with Gasteiger partial charge < -0.3 is 0 Å². The minimum Gasteiger partial charge on any atom is -0.103 e. The van der Waals surface area contributed by atoms with Crippen molar-refractivity contribution in [3.05, 3.63) is 83.4 Å². The van der Waals surface area contributed by atoms with Gasteiger partial charge in [0.15, 0.2) is 0 Å². The van der Waals surface area contributed by atoms with E-state index in [4.69, 9.17) is 0 Å². The van der Waals surface area contributed by atoms with Gasteiger partial charge in [0.25, 0.3) is 0 Å². The van der Waals surface area contributed by atoms with E-state index < -0.39 is 0 Å². The molecule has 1 saturated carbocycles. The fraction of sp³-hybridized carbons (Fsp3) is 0.400. The Morgan fingerprint density at radius 3 is 2.43 bits per heavy atom. The van der Waals surface area contributed by atoms with Crippen LogP contribution in [0.15, 0.2) is 61.2 Å². The van der Waals surface area contributed by atoms with E-state index in [1.807, 2.05) is 0 Å². The molecule has 0 N–H and O–H groups in total. The summed E-state index contributed by atoms with van der Waals surface area (Å²) in [6.45, 7) is 11.1. The topological polar surface area (TPSA) is 0 Å². The predicted molar refractivity (Wildman–Crippen MR) is 130 cm³/mol. The molecule has 1 fully saturated rings. The van der Waals surface area contributed by atoms with Crippen LogP contribution in [-0.4, -0.2) is 0 Å². The Labute approximate surface area is 182 Å². The Bertz CT molecular complexity index is 1110. The second-order valence-electron chi connectivity index (χ2n) is 10.0. The molecule has 0 radical (unpaired) electrons. The quantitative estimate of drug-likeness (QED) is 0.389. The first-order valence-corrected chi connectivity index (χ1v) is 11.9. The van der Waals surface area contributed by atoms with Crippen LogP contribution in [0.5, 0.6) is 0 Å². The molecule has 3 aromatic carbocycles. The van der Waals surface area contributed by atoms with Crippen molar-refractivity contribution in [1.82, 2.24) is 0 Å². The summed E-state index contributed by atoms with van der Waals surface area (Å²) in [5, 5.41) is 2.99. The van der Waals surface area contributed by atoms with Gasteiger partial charge in [0.2, 0.25) is 0 Å². The fourth-order valence-corrected chi connectivity index (χ4v) is 6.13. The second kappa shape index (κ2) is 7.41. The molecule has 0 heteroatoms. The molecule has 30 heavy (non-hydrogen) atoms. The fourth-order valence-electron chi connectivity index (χ4n) is 6.13. The molecule has 154 valence electrons. The van der Waals surface area contributed by atoms with Gasteiger partial charge in [0, 0.05) is 5.41 Å². The second-order valence-corrected chi connectivity index (χ2v) is 10.0. The third-order valence-electron chi connectivity index (χ3n) is 7.88. The van der Waals surface area contributed by atoms with Gasteiger partial charge >= 0.3 is 0 Å². The van der Waals surface area contributed by atoms with Crippen molar-refractivity contribution in [3.8, 4) is 11.1 Å². The van der Waals surface area contributed by atoms with E-state index in [0.717, 1.165) is 6.42 Å². The molecule has 0 saturated heterocycles. The Morgan fingerprint density at radius 1 is 0.933 bits per heavy atom. The minimum atomic E-state index is 0.0325.